The number of rotatable bonds is 9. The smallest absolute Gasteiger partial charge is 0.304 e. The molecule has 2 fully saturated rings. The van der Waals surface area contributed by atoms with Crippen molar-refractivity contribution in [3.63, 3.8) is 0 Å². The molecule has 0 radical (unpaired) electrons. The molecule has 2 heterocycles. The van der Waals surface area contributed by atoms with Crippen molar-refractivity contribution in [1.29, 1.82) is 0 Å². The van der Waals surface area contributed by atoms with E-state index in [0.29, 0.717) is 33.9 Å². The van der Waals surface area contributed by atoms with E-state index in [9.17, 15) is 19.2 Å². The van der Waals surface area contributed by atoms with Gasteiger partial charge in [-0.1, -0.05) is 120 Å². The Morgan fingerprint density at radius 2 is 0.854 bits per heavy atom. The summed E-state index contributed by atoms with van der Waals surface area (Å²) in [7, 11) is 0. The summed E-state index contributed by atoms with van der Waals surface area (Å²) in [6, 6.07) is 32.8. The van der Waals surface area contributed by atoms with Crippen LogP contribution in [0.2, 0.25) is 0 Å². The summed E-state index contributed by atoms with van der Waals surface area (Å²) < 4.78 is 0. The van der Waals surface area contributed by atoms with Gasteiger partial charge in [-0.15, -0.1) is 0 Å². The summed E-state index contributed by atoms with van der Waals surface area (Å²) in [6.07, 6.45) is 0. The predicted octanol–water partition coefficient (Wildman–Crippen LogP) is 5.49. The van der Waals surface area contributed by atoms with Crippen molar-refractivity contribution in [3.8, 4) is 0 Å². The molecule has 2 N–H and O–H groups in total. The van der Waals surface area contributed by atoms with Crippen LogP contribution in [0.5, 0.6) is 0 Å². The molecule has 10 heteroatoms. The standard InChI is InChI=1S/C38H30N4O4S2/c1-23-13-17-27(18-14-23)41-35(45)33(43)29(37(41)47)31(25-9-5-3-6-10-25)39-21-22-40-32(26-11-7-4-8-12-26)30-34(44)36(46)42(38(30)48)28-19-15-24(2)16-20-28/h3-20,39-40H,21-22H2,1-2H3/b31-29+,32-30+. The minimum absolute atomic E-state index is 0.106. The van der Waals surface area contributed by atoms with Gasteiger partial charge in [0.25, 0.3) is 11.6 Å². The van der Waals surface area contributed by atoms with Crippen LogP contribution in [0, 0.1) is 13.8 Å². The third-order valence-corrected chi connectivity index (χ3v) is 8.79. The SMILES string of the molecule is Cc1ccc(N2C(=O)C(=O)/C(=C(\NCCN/C(=C3\C(=O)C(=O)N(c4ccc(C)cc4)C3=S)c3ccccc3)c3ccccc3)C2=S)cc1. The minimum Gasteiger partial charge on any atom is -0.382 e. The molecule has 48 heavy (non-hydrogen) atoms. The third kappa shape index (κ3) is 6.11. The fourth-order valence-corrected chi connectivity index (χ4v) is 6.34. The van der Waals surface area contributed by atoms with Crippen LogP contribution in [-0.4, -0.2) is 46.4 Å². The lowest BCUT2D eigenvalue weighted by atomic mass is 10.0. The summed E-state index contributed by atoms with van der Waals surface area (Å²) in [5.41, 5.74) is 5.44. The first-order valence-corrected chi connectivity index (χ1v) is 16.1. The van der Waals surface area contributed by atoms with E-state index >= 15 is 0 Å². The normalized spacial score (nSPS) is 17.0. The number of benzene rings is 4. The molecule has 2 aliphatic rings. The van der Waals surface area contributed by atoms with Gasteiger partial charge in [0.2, 0.25) is 0 Å². The summed E-state index contributed by atoms with van der Waals surface area (Å²) >= 11 is 11.5. The van der Waals surface area contributed by atoms with Crippen molar-refractivity contribution in [3.05, 3.63) is 143 Å². The van der Waals surface area contributed by atoms with Gasteiger partial charge in [-0.05, 0) is 49.2 Å². The number of carbonyl (C=O) groups is 4. The number of nitrogens with zero attached hydrogens (tertiary/aromatic N) is 2. The van der Waals surface area contributed by atoms with E-state index in [0.717, 1.165) is 11.1 Å². The van der Waals surface area contributed by atoms with Crippen LogP contribution in [-0.2, 0) is 19.2 Å². The zero-order chi connectivity index (χ0) is 33.9. The maximum atomic E-state index is 13.5. The number of hydrogen-bond acceptors (Lipinski definition) is 8. The Kier molecular flexibility index (Phi) is 9.20. The van der Waals surface area contributed by atoms with Gasteiger partial charge in [0, 0.05) is 13.1 Å². The number of aryl methyl sites for hydroxylation is 2. The first kappa shape index (κ1) is 32.4. The summed E-state index contributed by atoms with van der Waals surface area (Å²) in [4.78, 5) is 56.1. The van der Waals surface area contributed by atoms with E-state index in [-0.39, 0.29) is 34.2 Å². The van der Waals surface area contributed by atoms with E-state index in [1.807, 2.05) is 98.8 Å². The van der Waals surface area contributed by atoms with Gasteiger partial charge < -0.3 is 10.6 Å². The lowest BCUT2D eigenvalue weighted by Crippen LogP contribution is -2.30. The first-order valence-electron chi connectivity index (χ1n) is 15.2. The number of nitrogens with one attached hydrogen (secondary N) is 2. The number of Topliss-reactive ketones (excluding diaryl/α,β-unsaturated/α-hetero) is 2. The van der Waals surface area contributed by atoms with E-state index in [1.54, 1.807) is 24.3 Å². The molecule has 4 aromatic carbocycles. The third-order valence-electron chi connectivity index (χ3n) is 8.02. The van der Waals surface area contributed by atoms with Crippen LogP contribution in [0.25, 0.3) is 11.4 Å². The van der Waals surface area contributed by atoms with Crippen molar-refractivity contribution in [1.82, 2.24) is 10.6 Å². The van der Waals surface area contributed by atoms with E-state index in [1.165, 1.54) is 9.80 Å². The highest BCUT2D eigenvalue weighted by molar-refractivity contribution is 7.81. The summed E-state index contributed by atoms with van der Waals surface area (Å²) in [5.74, 6) is -2.86. The highest BCUT2D eigenvalue weighted by atomic mass is 32.1. The maximum Gasteiger partial charge on any atom is 0.304 e. The molecule has 8 nitrogen and oxygen atoms in total. The van der Waals surface area contributed by atoms with Gasteiger partial charge in [0.1, 0.15) is 9.98 Å². The van der Waals surface area contributed by atoms with Crippen molar-refractivity contribution < 1.29 is 19.2 Å². The molecule has 4 aromatic rings. The highest BCUT2D eigenvalue weighted by Crippen LogP contribution is 2.31. The number of hydrogen-bond donors (Lipinski definition) is 2. The van der Waals surface area contributed by atoms with Crippen molar-refractivity contribution in [2.75, 3.05) is 22.9 Å². The van der Waals surface area contributed by atoms with Crippen LogP contribution in [0.3, 0.4) is 0 Å². The van der Waals surface area contributed by atoms with Gasteiger partial charge in [0.15, 0.2) is 0 Å². The summed E-state index contributed by atoms with van der Waals surface area (Å²) in [6.45, 7) is 4.37. The monoisotopic (exact) mass is 670 g/mol. The molecule has 0 spiro atoms. The quantitative estimate of drug-likeness (QED) is 0.104. The molecular formula is C38H30N4O4S2. The molecule has 2 amide bonds. The summed E-state index contributed by atoms with van der Waals surface area (Å²) in [5, 5.41) is 6.64. The molecule has 6 rings (SSSR count). The van der Waals surface area contributed by atoms with Crippen LogP contribution in [0.15, 0.2) is 120 Å². The van der Waals surface area contributed by atoms with Gasteiger partial charge in [-0.2, -0.15) is 0 Å². The van der Waals surface area contributed by atoms with Gasteiger partial charge in [0.05, 0.1) is 33.9 Å². The Bertz CT molecular complexity index is 1890. The topological polar surface area (TPSA) is 98.8 Å². The predicted molar refractivity (Wildman–Crippen MR) is 195 cm³/mol. The number of anilines is 2. The Labute approximate surface area is 288 Å². The minimum atomic E-state index is -0.723. The molecule has 238 valence electrons. The molecular weight excluding hydrogens is 641 g/mol. The molecule has 2 saturated heterocycles. The van der Waals surface area contributed by atoms with Crippen LogP contribution < -0.4 is 20.4 Å². The molecule has 0 unspecified atom stereocenters. The number of thiocarbonyl (C=S) groups is 2. The Hall–Kier alpha value is -5.58. The fraction of sp³-hybridized carbons (Fsp3) is 0.105. The number of carbonyl (C=O) groups excluding carboxylic acids is 4. The van der Waals surface area contributed by atoms with Crippen LogP contribution in [0.1, 0.15) is 22.3 Å². The average molecular weight is 671 g/mol. The Morgan fingerprint density at radius 1 is 0.521 bits per heavy atom. The van der Waals surface area contributed by atoms with Crippen molar-refractivity contribution in [2.24, 2.45) is 0 Å². The van der Waals surface area contributed by atoms with Crippen molar-refractivity contribution >= 4 is 80.6 Å². The van der Waals surface area contributed by atoms with Crippen LogP contribution >= 0.6 is 24.4 Å². The molecule has 0 aromatic heterocycles. The largest absolute Gasteiger partial charge is 0.382 e. The van der Waals surface area contributed by atoms with Crippen molar-refractivity contribution in [2.45, 2.75) is 13.8 Å². The molecule has 0 aliphatic carbocycles. The van der Waals surface area contributed by atoms with Gasteiger partial charge >= 0.3 is 11.8 Å². The average Bonchev–Trinajstić information content (AvgIpc) is 3.45. The first-order chi connectivity index (χ1) is 23.2. The van der Waals surface area contributed by atoms with Gasteiger partial charge in [-0.25, -0.2) is 0 Å². The lowest BCUT2D eigenvalue weighted by molar-refractivity contribution is -0.132. The Balaban J connectivity index is 1.31. The molecule has 0 atom stereocenters. The second-order valence-electron chi connectivity index (χ2n) is 11.3. The van der Waals surface area contributed by atoms with Crippen LogP contribution in [0.4, 0.5) is 11.4 Å². The Morgan fingerprint density at radius 3 is 1.19 bits per heavy atom. The maximum absolute atomic E-state index is 13.5. The van der Waals surface area contributed by atoms with E-state index in [2.05, 4.69) is 10.6 Å². The second kappa shape index (κ2) is 13.6. The van der Waals surface area contributed by atoms with E-state index in [4.69, 9.17) is 24.4 Å². The second-order valence-corrected chi connectivity index (χ2v) is 12.1. The lowest BCUT2D eigenvalue weighted by Gasteiger charge is -2.19. The highest BCUT2D eigenvalue weighted by Gasteiger charge is 2.43. The number of amides is 2. The number of ketones is 2. The molecule has 0 bridgehead atoms. The van der Waals surface area contributed by atoms with E-state index < -0.39 is 23.4 Å². The fourth-order valence-electron chi connectivity index (χ4n) is 5.57. The molecule has 0 saturated carbocycles. The van der Waals surface area contributed by atoms with Gasteiger partial charge in [-0.3, -0.25) is 29.0 Å². The zero-order valence-electron chi connectivity index (χ0n) is 26.2. The molecule has 2 aliphatic heterocycles. The zero-order valence-corrected chi connectivity index (χ0v) is 27.8.